The molecule has 0 saturated heterocycles. The summed E-state index contributed by atoms with van der Waals surface area (Å²) in [7, 11) is 1.57. The Hall–Kier alpha value is -2.62. The number of rotatable bonds is 5. The van der Waals surface area contributed by atoms with Gasteiger partial charge >= 0.3 is 5.97 Å². The fourth-order valence-corrected chi connectivity index (χ4v) is 2.05. The van der Waals surface area contributed by atoms with Crippen LogP contribution in [0.1, 0.15) is 24.0 Å². The second kappa shape index (κ2) is 6.43. The van der Waals surface area contributed by atoms with Crippen LogP contribution in [0.2, 0.25) is 0 Å². The molecule has 4 heteroatoms. The molecule has 0 spiro atoms. The Bertz CT molecular complexity index is 691. The summed E-state index contributed by atoms with van der Waals surface area (Å²) >= 11 is 0. The summed E-state index contributed by atoms with van der Waals surface area (Å²) < 4.78 is 10.7. The van der Waals surface area contributed by atoms with Gasteiger partial charge in [-0.3, -0.25) is 9.78 Å². The van der Waals surface area contributed by atoms with Crippen LogP contribution in [0.3, 0.4) is 0 Å². The zero-order chi connectivity index (χ0) is 15.4. The van der Waals surface area contributed by atoms with Gasteiger partial charge in [0.15, 0.2) is 11.5 Å². The first-order chi connectivity index (χ1) is 10.8. The predicted molar refractivity (Wildman–Crippen MR) is 84.5 cm³/mol. The van der Waals surface area contributed by atoms with Crippen molar-refractivity contribution in [1.82, 2.24) is 4.98 Å². The Balaban J connectivity index is 1.76. The van der Waals surface area contributed by atoms with Crippen molar-refractivity contribution in [2.45, 2.75) is 12.8 Å². The molecule has 0 radical (unpaired) electrons. The summed E-state index contributed by atoms with van der Waals surface area (Å²) in [6, 6.07) is 9.38. The molecule has 4 nitrogen and oxygen atoms in total. The van der Waals surface area contributed by atoms with E-state index in [-0.39, 0.29) is 11.9 Å². The minimum Gasteiger partial charge on any atom is -0.493 e. The number of methoxy groups -OCH3 is 1. The molecule has 0 N–H and O–H groups in total. The highest BCUT2D eigenvalue weighted by molar-refractivity contribution is 5.78. The third kappa shape index (κ3) is 3.52. The van der Waals surface area contributed by atoms with Gasteiger partial charge in [-0.2, -0.15) is 0 Å². The van der Waals surface area contributed by atoms with Crippen molar-refractivity contribution in [2.24, 2.45) is 5.92 Å². The highest BCUT2D eigenvalue weighted by Crippen LogP contribution is 2.34. The molecule has 1 saturated carbocycles. The highest BCUT2D eigenvalue weighted by Gasteiger charge is 2.32. The van der Waals surface area contributed by atoms with E-state index in [1.165, 1.54) is 0 Å². The van der Waals surface area contributed by atoms with E-state index in [4.69, 9.17) is 9.47 Å². The average molecular weight is 295 g/mol. The van der Waals surface area contributed by atoms with Gasteiger partial charge in [0, 0.05) is 12.4 Å². The topological polar surface area (TPSA) is 48.4 Å². The van der Waals surface area contributed by atoms with Crippen LogP contribution in [0, 0.1) is 5.92 Å². The van der Waals surface area contributed by atoms with E-state index < -0.39 is 0 Å². The van der Waals surface area contributed by atoms with Crippen molar-refractivity contribution in [2.75, 3.05) is 7.11 Å². The van der Waals surface area contributed by atoms with E-state index in [1.54, 1.807) is 25.6 Å². The normalized spacial score (nSPS) is 14.0. The molecule has 1 aromatic carbocycles. The molecule has 0 unspecified atom stereocenters. The Morgan fingerprint density at radius 3 is 2.50 bits per heavy atom. The molecule has 1 aromatic heterocycles. The fourth-order valence-electron chi connectivity index (χ4n) is 2.05. The van der Waals surface area contributed by atoms with Crippen molar-refractivity contribution >= 4 is 18.1 Å². The van der Waals surface area contributed by atoms with Crippen LogP contribution in [0.5, 0.6) is 11.5 Å². The molecular formula is C18H17NO3. The summed E-state index contributed by atoms with van der Waals surface area (Å²) in [5.74, 6) is 0.931. The lowest BCUT2D eigenvalue weighted by Crippen LogP contribution is -2.10. The van der Waals surface area contributed by atoms with E-state index in [0.29, 0.717) is 11.5 Å². The van der Waals surface area contributed by atoms with Gasteiger partial charge < -0.3 is 9.47 Å². The van der Waals surface area contributed by atoms with Crippen LogP contribution in [-0.2, 0) is 4.79 Å². The van der Waals surface area contributed by atoms with Crippen LogP contribution >= 0.6 is 0 Å². The zero-order valence-corrected chi connectivity index (χ0v) is 12.4. The molecule has 22 heavy (non-hydrogen) atoms. The summed E-state index contributed by atoms with van der Waals surface area (Å²) in [5.41, 5.74) is 2.04. The van der Waals surface area contributed by atoms with Crippen LogP contribution in [0.25, 0.3) is 12.2 Å². The van der Waals surface area contributed by atoms with Gasteiger partial charge in [0.25, 0.3) is 0 Å². The van der Waals surface area contributed by atoms with Crippen molar-refractivity contribution in [3.63, 3.8) is 0 Å². The molecule has 1 aliphatic carbocycles. The number of carbonyl (C=O) groups is 1. The molecular weight excluding hydrogens is 278 g/mol. The lowest BCUT2D eigenvalue weighted by Gasteiger charge is -2.09. The van der Waals surface area contributed by atoms with Gasteiger partial charge in [0.1, 0.15) is 0 Å². The van der Waals surface area contributed by atoms with Gasteiger partial charge in [-0.05, 0) is 48.2 Å². The Kier molecular flexibility index (Phi) is 4.19. The monoisotopic (exact) mass is 295 g/mol. The van der Waals surface area contributed by atoms with Crippen molar-refractivity contribution < 1.29 is 14.3 Å². The molecule has 3 rings (SSSR count). The van der Waals surface area contributed by atoms with E-state index in [9.17, 15) is 4.79 Å². The molecule has 0 amide bonds. The van der Waals surface area contributed by atoms with Gasteiger partial charge in [-0.25, -0.2) is 0 Å². The number of esters is 1. The highest BCUT2D eigenvalue weighted by atomic mass is 16.6. The first kappa shape index (κ1) is 14.3. The number of hydrogen-bond acceptors (Lipinski definition) is 4. The van der Waals surface area contributed by atoms with Crippen molar-refractivity contribution in [1.29, 1.82) is 0 Å². The van der Waals surface area contributed by atoms with E-state index in [0.717, 1.165) is 24.0 Å². The summed E-state index contributed by atoms with van der Waals surface area (Å²) in [5, 5.41) is 0. The maximum Gasteiger partial charge on any atom is 0.314 e. The number of nitrogens with zero attached hydrogens (tertiary/aromatic N) is 1. The van der Waals surface area contributed by atoms with Crippen LogP contribution in [0.15, 0.2) is 42.7 Å². The summed E-state index contributed by atoms with van der Waals surface area (Å²) in [4.78, 5) is 15.7. The molecule has 1 fully saturated rings. The number of aromatic nitrogens is 1. The zero-order valence-electron chi connectivity index (χ0n) is 12.4. The predicted octanol–water partition coefficient (Wildman–Crippen LogP) is 3.58. The van der Waals surface area contributed by atoms with E-state index in [1.807, 2.05) is 36.4 Å². The maximum absolute atomic E-state index is 11.7. The maximum atomic E-state index is 11.7. The quantitative estimate of drug-likeness (QED) is 0.625. The number of carbonyl (C=O) groups excluding carboxylic acids is 1. The van der Waals surface area contributed by atoms with Gasteiger partial charge in [-0.15, -0.1) is 0 Å². The van der Waals surface area contributed by atoms with Crippen LogP contribution in [0.4, 0.5) is 0 Å². The van der Waals surface area contributed by atoms with E-state index >= 15 is 0 Å². The summed E-state index contributed by atoms with van der Waals surface area (Å²) in [6.45, 7) is 0. The number of benzene rings is 1. The molecule has 0 bridgehead atoms. The van der Waals surface area contributed by atoms with Gasteiger partial charge in [0.2, 0.25) is 0 Å². The number of pyridine rings is 1. The Morgan fingerprint density at radius 2 is 1.82 bits per heavy atom. The molecule has 1 aliphatic rings. The lowest BCUT2D eigenvalue weighted by atomic mass is 10.1. The SMILES string of the molecule is COc1cc(C=Cc2ccncc2)ccc1OC(=O)C1CC1. The Morgan fingerprint density at radius 1 is 1.09 bits per heavy atom. The minimum atomic E-state index is -0.168. The number of ether oxygens (including phenoxy) is 2. The van der Waals surface area contributed by atoms with Crippen LogP contribution < -0.4 is 9.47 Å². The van der Waals surface area contributed by atoms with E-state index in [2.05, 4.69) is 4.98 Å². The lowest BCUT2D eigenvalue weighted by molar-refractivity contribution is -0.135. The third-order valence-corrected chi connectivity index (χ3v) is 3.48. The third-order valence-electron chi connectivity index (χ3n) is 3.48. The molecule has 0 aliphatic heterocycles. The van der Waals surface area contributed by atoms with Crippen molar-refractivity contribution in [3.8, 4) is 11.5 Å². The van der Waals surface area contributed by atoms with Gasteiger partial charge in [-0.1, -0.05) is 18.2 Å². The first-order valence-corrected chi connectivity index (χ1v) is 7.24. The van der Waals surface area contributed by atoms with Crippen molar-refractivity contribution in [3.05, 3.63) is 53.9 Å². The largest absolute Gasteiger partial charge is 0.493 e. The summed E-state index contributed by atoms with van der Waals surface area (Å²) in [6.07, 6.45) is 9.32. The van der Waals surface area contributed by atoms with Gasteiger partial charge in [0.05, 0.1) is 13.0 Å². The first-order valence-electron chi connectivity index (χ1n) is 7.24. The smallest absolute Gasteiger partial charge is 0.314 e. The number of hydrogen-bond donors (Lipinski definition) is 0. The fraction of sp³-hybridized carbons (Fsp3) is 0.222. The molecule has 2 aromatic rings. The molecule has 112 valence electrons. The Labute approximate surface area is 129 Å². The van der Waals surface area contributed by atoms with Crippen LogP contribution in [-0.4, -0.2) is 18.1 Å². The second-order valence-corrected chi connectivity index (χ2v) is 5.22. The molecule has 0 atom stereocenters. The second-order valence-electron chi connectivity index (χ2n) is 5.22. The standard InChI is InChI=1S/C18H17NO3/c1-21-17-12-14(3-2-13-8-10-19-11-9-13)4-7-16(17)22-18(20)15-5-6-15/h2-4,7-12,15H,5-6H2,1H3. The molecule has 1 heterocycles. The minimum absolute atomic E-state index is 0.0657. The average Bonchev–Trinajstić information content (AvgIpc) is 3.40.